The Balaban J connectivity index is 1.76. The third kappa shape index (κ3) is 2.25. The van der Waals surface area contributed by atoms with Crippen LogP contribution in [0, 0.1) is 0 Å². The van der Waals surface area contributed by atoms with Crippen LogP contribution < -0.4 is 10.2 Å². The monoisotopic (exact) mass is 300 g/mol. The number of aryl methyl sites for hydroxylation is 2. The molecule has 4 nitrogen and oxygen atoms in total. The fourth-order valence-corrected chi connectivity index (χ4v) is 4.17. The van der Waals surface area contributed by atoms with E-state index < -0.39 is 0 Å². The van der Waals surface area contributed by atoms with Gasteiger partial charge in [0.25, 0.3) is 11.1 Å². The number of anilines is 1. The van der Waals surface area contributed by atoms with Gasteiger partial charge in [-0.3, -0.25) is 14.9 Å². The Kier molecular flexibility index (Phi) is 3.03. The molecule has 1 aromatic carbocycles. The molecule has 1 N–H and O–H groups in total. The lowest BCUT2D eigenvalue weighted by molar-refractivity contribution is -0.115. The largest absolute Gasteiger partial charge is 0.371 e. The number of hydrogen-bond donors (Lipinski definition) is 1. The van der Waals surface area contributed by atoms with Gasteiger partial charge in [0.2, 0.25) is 0 Å². The van der Waals surface area contributed by atoms with Crippen LogP contribution in [0.15, 0.2) is 17.0 Å². The number of thioether (sulfide) groups is 1. The molecule has 3 aliphatic rings. The second-order valence-electron chi connectivity index (χ2n) is 5.73. The molecule has 0 aliphatic carbocycles. The van der Waals surface area contributed by atoms with E-state index in [4.69, 9.17) is 0 Å². The summed E-state index contributed by atoms with van der Waals surface area (Å²) in [6.45, 7) is 2.32. The van der Waals surface area contributed by atoms with Crippen molar-refractivity contribution >= 4 is 34.7 Å². The van der Waals surface area contributed by atoms with E-state index in [0.717, 1.165) is 43.3 Å². The minimum atomic E-state index is -0.281. The lowest BCUT2D eigenvalue weighted by atomic mass is 9.90. The van der Waals surface area contributed by atoms with Crippen LogP contribution in [0.5, 0.6) is 0 Å². The Morgan fingerprint density at radius 3 is 2.33 bits per heavy atom. The topological polar surface area (TPSA) is 49.4 Å². The lowest BCUT2D eigenvalue weighted by Gasteiger charge is -2.37. The fourth-order valence-electron chi connectivity index (χ4n) is 3.49. The summed E-state index contributed by atoms with van der Waals surface area (Å²) in [4.78, 5) is 25.9. The normalized spacial score (nSPS) is 22.5. The Labute approximate surface area is 127 Å². The quantitative estimate of drug-likeness (QED) is 0.810. The molecule has 0 saturated carbocycles. The van der Waals surface area contributed by atoms with E-state index >= 15 is 0 Å². The molecule has 3 aliphatic heterocycles. The van der Waals surface area contributed by atoms with Crippen molar-refractivity contribution in [1.29, 1.82) is 0 Å². The summed E-state index contributed by atoms with van der Waals surface area (Å²) >= 11 is 0.985. The van der Waals surface area contributed by atoms with Crippen molar-refractivity contribution < 1.29 is 9.59 Å². The zero-order valence-corrected chi connectivity index (χ0v) is 12.5. The number of carbonyl (C=O) groups excluding carboxylic acids is 2. The van der Waals surface area contributed by atoms with E-state index in [2.05, 4.69) is 22.3 Å². The highest BCUT2D eigenvalue weighted by Crippen LogP contribution is 2.37. The van der Waals surface area contributed by atoms with Crippen molar-refractivity contribution in [3.8, 4) is 0 Å². The van der Waals surface area contributed by atoms with Gasteiger partial charge < -0.3 is 4.90 Å². The molecular weight excluding hydrogens is 284 g/mol. The maximum absolute atomic E-state index is 11.7. The fraction of sp³-hybridized carbons (Fsp3) is 0.375. The van der Waals surface area contributed by atoms with Crippen LogP contribution in [0.3, 0.4) is 0 Å². The first-order valence-corrected chi connectivity index (χ1v) is 8.18. The zero-order chi connectivity index (χ0) is 14.4. The van der Waals surface area contributed by atoms with Gasteiger partial charge in [-0.25, -0.2) is 0 Å². The smallest absolute Gasteiger partial charge is 0.290 e. The predicted molar refractivity (Wildman–Crippen MR) is 84.4 cm³/mol. The average molecular weight is 300 g/mol. The van der Waals surface area contributed by atoms with Crippen LogP contribution in [0.25, 0.3) is 6.08 Å². The van der Waals surface area contributed by atoms with Crippen LogP contribution in [0.1, 0.15) is 29.5 Å². The highest BCUT2D eigenvalue weighted by molar-refractivity contribution is 8.18. The van der Waals surface area contributed by atoms with Crippen molar-refractivity contribution in [1.82, 2.24) is 5.32 Å². The zero-order valence-electron chi connectivity index (χ0n) is 11.6. The third-order valence-electron chi connectivity index (χ3n) is 4.29. The number of nitrogens with zero attached hydrogens (tertiary/aromatic N) is 1. The van der Waals surface area contributed by atoms with E-state index in [1.54, 1.807) is 0 Å². The number of imide groups is 1. The summed E-state index contributed by atoms with van der Waals surface area (Å²) in [5.41, 5.74) is 5.24. The summed E-state index contributed by atoms with van der Waals surface area (Å²) in [6, 6.07) is 4.36. The molecule has 1 fully saturated rings. The van der Waals surface area contributed by atoms with E-state index in [1.165, 1.54) is 29.7 Å². The molecule has 0 aromatic heterocycles. The third-order valence-corrected chi connectivity index (χ3v) is 5.11. The van der Waals surface area contributed by atoms with Crippen molar-refractivity contribution in [2.45, 2.75) is 25.7 Å². The summed E-state index contributed by atoms with van der Waals surface area (Å²) in [5, 5.41) is 2.02. The number of amides is 2. The highest BCUT2D eigenvalue weighted by Gasteiger charge is 2.27. The van der Waals surface area contributed by atoms with E-state index in [0.29, 0.717) is 4.91 Å². The summed E-state index contributed by atoms with van der Waals surface area (Å²) < 4.78 is 0. The van der Waals surface area contributed by atoms with Gasteiger partial charge in [0.15, 0.2) is 0 Å². The number of rotatable bonds is 1. The van der Waals surface area contributed by atoms with Gasteiger partial charge in [0, 0.05) is 18.8 Å². The Hall–Kier alpha value is -1.75. The second kappa shape index (κ2) is 4.91. The van der Waals surface area contributed by atoms with E-state index in [-0.39, 0.29) is 11.1 Å². The predicted octanol–water partition coefficient (Wildman–Crippen LogP) is 2.71. The molecule has 2 amide bonds. The maximum atomic E-state index is 11.7. The van der Waals surface area contributed by atoms with Gasteiger partial charge in [-0.05, 0) is 72.3 Å². The molecule has 21 heavy (non-hydrogen) atoms. The van der Waals surface area contributed by atoms with Gasteiger partial charge in [0.1, 0.15) is 0 Å². The van der Waals surface area contributed by atoms with Gasteiger partial charge in [0.05, 0.1) is 4.91 Å². The number of nitrogens with one attached hydrogen (secondary N) is 1. The van der Waals surface area contributed by atoms with Crippen LogP contribution in [0.2, 0.25) is 0 Å². The first kappa shape index (κ1) is 13.0. The Morgan fingerprint density at radius 1 is 1.10 bits per heavy atom. The highest BCUT2D eigenvalue weighted by atomic mass is 32.2. The number of hydrogen-bond acceptors (Lipinski definition) is 4. The Bertz CT molecular complexity index is 650. The molecule has 1 saturated heterocycles. The molecule has 3 heterocycles. The van der Waals surface area contributed by atoms with E-state index in [9.17, 15) is 9.59 Å². The minimum Gasteiger partial charge on any atom is -0.371 e. The van der Waals surface area contributed by atoms with Gasteiger partial charge in [-0.1, -0.05) is 0 Å². The first-order chi connectivity index (χ1) is 10.2. The van der Waals surface area contributed by atoms with Crippen LogP contribution in [-0.4, -0.2) is 24.2 Å². The van der Waals surface area contributed by atoms with Gasteiger partial charge >= 0.3 is 0 Å². The molecule has 0 spiro atoms. The molecule has 0 radical (unpaired) electrons. The van der Waals surface area contributed by atoms with Gasteiger partial charge in [-0.2, -0.15) is 0 Å². The lowest BCUT2D eigenvalue weighted by Crippen LogP contribution is -2.34. The summed E-state index contributed by atoms with van der Waals surface area (Å²) in [7, 11) is 0. The van der Waals surface area contributed by atoms with Gasteiger partial charge in [-0.15, -0.1) is 0 Å². The summed E-state index contributed by atoms with van der Waals surface area (Å²) in [5.74, 6) is -0.280. The second-order valence-corrected chi connectivity index (χ2v) is 6.75. The molecule has 0 unspecified atom stereocenters. The van der Waals surface area contributed by atoms with E-state index in [1.807, 2.05) is 6.08 Å². The van der Waals surface area contributed by atoms with Crippen molar-refractivity contribution in [3.05, 3.63) is 33.7 Å². The number of carbonyl (C=O) groups is 2. The van der Waals surface area contributed by atoms with Crippen LogP contribution in [-0.2, 0) is 17.6 Å². The van der Waals surface area contributed by atoms with Crippen molar-refractivity contribution in [2.24, 2.45) is 0 Å². The van der Waals surface area contributed by atoms with Crippen LogP contribution >= 0.6 is 11.8 Å². The molecule has 5 heteroatoms. The SMILES string of the molecule is O=C1NC(=O)/C(=C/c2cc3c4c(c2)CCCN4CCC3)S1. The minimum absolute atomic E-state index is 0.280. The maximum Gasteiger partial charge on any atom is 0.290 e. The molecule has 1 aromatic rings. The molecule has 0 bridgehead atoms. The molecular formula is C16H16N2O2S. The number of benzene rings is 1. The standard InChI is InChI=1S/C16H16N2O2S/c19-15-13(21-16(20)17-15)9-10-7-11-3-1-5-18-6-2-4-12(8-10)14(11)18/h7-9H,1-6H2,(H,17,19,20)/b13-9-. The van der Waals surface area contributed by atoms with Crippen molar-refractivity contribution in [2.75, 3.05) is 18.0 Å². The summed E-state index contributed by atoms with van der Waals surface area (Å²) in [6.07, 6.45) is 6.44. The van der Waals surface area contributed by atoms with Crippen molar-refractivity contribution in [3.63, 3.8) is 0 Å². The molecule has 4 rings (SSSR count). The van der Waals surface area contributed by atoms with Crippen LogP contribution in [0.4, 0.5) is 10.5 Å². The average Bonchev–Trinajstić information content (AvgIpc) is 2.77. The Morgan fingerprint density at radius 2 is 1.76 bits per heavy atom. The molecule has 0 atom stereocenters. The first-order valence-electron chi connectivity index (χ1n) is 7.36. The molecule has 108 valence electrons.